The van der Waals surface area contributed by atoms with Crippen LogP contribution in [0.25, 0.3) is 0 Å². The zero-order chi connectivity index (χ0) is 16.8. The summed E-state index contributed by atoms with van der Waals surface area (Å²) < 4.78 is 5.36. The summed E-state index contributed by atoms with van der Waals surface area (Å²) in [7, 11) is 0. The Morgan fingerprint density at radius 2 is 1.75 bits per heavy atom. The molecule has 5 heteroatoms. The number of ether oxygens (including phenoxy) is 1. The van der Waals surface area contributed by atoms with Crippen molar-refractivity contribution in [3.63, 3.8) is 0 Å². The zero-order valence-corrected chi connectivity index (χ0v) is 14.6. The Kier molecular flexibility index (Phi) is 5.91. The number of nitrogens with zero attached hydrogens (tertiary/aromatic N) is 1. The van der Waals surface area contributed by atoms with Gasteiger partial charge >= 0.3 is 0 Å². The van der Waals surface area contributed by atoms with Crippen LogP contribution >= 0.6 is 11.8 Å². The van der Waals surface area contributed by atoms with Crippen LogP contribution in [0.1, 0.15) is 6.92 Å². The maximum Gasteiger partial charge on any atom is 0.241 e. The summed E-state index contributed by atoms with van der Waals surface area (Å²) in [6, 6.07) is 17.9. The number of hydrogen-bond donors (Lipinski definition) is 1. The predicted octanol–water partition coefficient (Wildman–Crippen LogP) is 3.50. The number of morpholine rings is 1. The molecule has 126 valence electrons. The van der Waals surface area contributed by atoms with E-state index in [1.807, 2.05) is 49.4 Å². The van der Waals surface area contributed by atoms with E-state index in [2.05, 4.69) is 22.3 Å². The van der Waals surface area contributed by atoms with Gasteiger partial charge in [0.15, 0.2) is 0 Å². The fourth-order valence-corrected chi connectivity index (χ4v) is 3.56. The van der Waals surface area contributed by atoms with Gasteiger partial charge in [-0.3, -0.25) is 9.69 Å². The maximum absolute atomic E-state index is 12.6. The summed E-state index contributed by atoms with van der Waals surface area (Å²) in [5.74, 6) is 0.0259. The van der Waals surface area contributed by atoms with E-state index in [-0.39, 0.29) is 11.9 Å². The lowest BCUT2D eigenvalue weighted by Gasteiger charge is -2.31. The number of benzene rings is 2. The summed E-state index contributed by atoms with van der Waals surface area (Å²) in [5, 5.41) is 3.09. The highest BCUT2D eigenvalue weighted by Gasteiger charge is 2.23. The second-order valence-electron chi connectivity index (χ2n) is 5.72. The molecule has 0 aromatic heterocycles. The van der Waals surface area contributed by atoms with Crippen LogP contribution in [-0.4, -0.2) is 43.2 Å². The van der Waals surface area contributed by atoms with Crippen LogP contribution in [0.3, 0.4) is 0 Å². The number of nitrogens with one attached hydrogen (secondary N) is 1. The molecule has 1 aliphatic rings. The molecule has 0 saturated carbocycles. The molecule has 2 aromatic carbocycles. The number of anilines is 1. The molecule has 24 heavy (non-hydrogen) atoms. The third kappa shape index (κ3) is 4.38. The van der Waals surface area contributed by atoms with Crippen LogP contribution in [0.5, 0.6) is 0 Å². The zero-order valence-electron chi connectivity index (χ0n) is 13.8. The van der Waals surface area contributed by atoms with Crippen LogP contribution in [0, 0.1) is 0 Å². The van der Waals surface area contributed by atoms with Gasteiger partial charge in [0.25, 0.3) is 0 Å². The normalized spacial score (nSPS) is 16.5. The first-order valence-corrected chi connectivity index (χ1v) is 9.00. The lowest BCUT2D eigenvalue weighted by Crippen LogP contribution is -2.47. The minimum atomic E-state index is -0.163. The number of rotatable bonds is 5. The molecular weight excluding hydrogens is 320 g/mol. The van der Waals surface area contributed by atoms with E-state index in [4.69, 9.17) is 4.74 Å². The van der Waals surface area contributed by atoms with E-state index in [0.29, 0.717) is 13.2 Å². The second kappa shape index (κ2) is 8.33. The predicted molar refractivity (Wildman–Crippen MR) is 97.5 cm³/mol. The molecule has 3 rings (SSSR count). The van der Waals surface area contributed by atoms with Crippen molar-refractivity contribution >= 4 is 23.4 Å². The summed E-state index contributed by atoms with van der Waals surface area (Å²) >= 11 is 1.66. The molecule has 4 nitrogen and oxygen atoms in total. The van der Waals surface area contributed by atoms with Gasteiger partial charge < -0.3 is 10.1 Å². The molecule has 1 aliphatic heterocycles. The number of para-hydroxylation sites is 1. The first-order valence-electron chi connectivity index (χ1n) is 8.18. The van der Waals surface area contributed by atoms with Gasteiger partial charge in [0.05, 0.1) is 24.9 Å². The van der Waals surface area contributed by atoms with E-state index < -0.39 is 0 Å². The highest BCUT2D eigenvalue weighted by Crippen LogP contribution is 2.33. The standard InChI is InChI=1S/C19H22N2O2S/c1-15(21-11-13-23-14-12-21)19(22)20-17-9-5-6-10-18(17)24-16-7-3-2-4-8-16/h2-10,15H,11-14H2,1H3,(H,20,22)/t15-/m0/s1. The molecule has 2 aromatic rings. The van der Waals surface area contributed by atoms with Gasteiger partial charge in [-0.2, -0.15) is 0 Å². The topological polar surface area (TPSA) is 41.6 Å². The summed E-state index contributed by atoms with van der Waals surface area (Å²) in [6.07, 6.45) is 0. The summed E-state index contributed by atoms with van der Waals surface area (Å²) in [5.41, 5.74) is 0.858. The number of hydrogen-bond acceptors (Lipinski definition) is 4. The third-order valence-electron chi connectivity index (χ3n) is 4.09. The molecular formula is C19H22N2O2S. The van der Waals surface area contributed by atoms with Crippen LogP contribution < -0.4 is 5.32 Å². The van der Waals surface area contributed by atoms with Gasteiger partial charge in [-0.05, 0) is 31.2 Å². The number of carbonyl (C=O) groups excluding carboxylic acids is 1. The van der Waals surface area contributed by atoms with Crippen molar-refractivity contribution in [1.82, 2.24) is 4.90 Å². The van der Waals surface area contributed by atoms with Gasteiger partial charge in [-0.15, -0.1) is 0 Å². The second-order valence-corrected chi connectivity index (χ2v) is 6.84. The quantitative estimate of drug-likeness (QED) is 0.903. The Balaban J connectivity index is 1.69. The minimum Gasteiger partial charge on any atom is -0.379 e. The Morgan fingerprint density at radius 3 is 2.50 bits per heavy atom. The molecule has 0 spiro atoms. The fourth-order valence-electron chi connectivity index (χ4n) is 2.64. The first-order chi connectivity index (χ1) is 11.7. The van der Waals surface area contributed by atoms with E-state index in [1.54, 1.807) is 11.8 Å². The summed E-state index contributed by atoms with van der Waals surface area (Å²) in [4.78, 5) is 17.0. The Bertz CT molecular complexity index is 672. The van der Waals surface area contributed by atoms with Crippen LogP contribution in [0.4, 0.5) is 5.69 Å². The Hall–Kier alpha value is -1.82. The van der Waals surface area contributed by atoms with Crippen molar-refractivity contribution in [3.05, 3.63) is 54.6 Å². The smallest absolute Gasteiger partial charge is 0.241 e. The molecule has 0 unspecified atom stereocenters. The molecule has 0 bridgehead atoms. The molecule has 1 fully saturated rings. The molecule has 1 amide bonds. The highest BCUT2D eigenvalue weighted by molar-refractivity contribution is 7.99. The van der Waals surface area contributed by atoms with Gasteiger partial charge in [0.1, 0.15) is 0 Å². The van der Waals surface area contributed by atoms with E-state index >= 15 is 0 Å². The van der Waals surface area contributed by atoms with Crippen molar-refractivity contribution in [3.8, 4) is 0 Å². The van der Waals surface area contributed by atoms with Gasteiger partial charge in [-0.1, -0.05) is 42.1 Å². The van der Waals surface area contributed by atoms with Gasteiger partial charge in [0.2, 0.25) is 5.91 Å². The van der Waals surface area contributed by atoms with Crippen molar-refractivity contribution < 1.29 is 9.53 Å². The third-order valence-corrected chi connectivity index (χ3v) is 5.17. The molecule has 1 N–H and O–H groups in total. The summed E-state index contributed by atoms with van der Waals surface area (Å²) in [6.45, 7) is 4.94. The largest absolute Gasteiger partial charge is 0.379 e. The molecule has 0 radical (unpaired) electrons. The molecule has 1 atom stereocenters. The van der Waals surface area contributed by atoms with E-state index in [1.165, 1.54) is 0 Å². The number of amides is 1. The van der Waals surface area contributed by atoms with Gasteiger partial charge in [0, 0.05) is 22.9 Å². The fraction of sp³-hybridized carbons (Fsp3) is 0.316. The van der Waals surface area contributed by atoms with Crippen molar-refractivity contribution in [2.45, 2.75) is 22.8 Å². The van der Waals surface area contributed by atoms with E-state index in [9.17, 15) is 4.79 Å². The van der Waals surface area contributed by atoms with Crippen molar-refractivity contribution in [1.29, 1.82) is 0 Å². The maximum atomic E-state index is 12.6. The monoisotopic (exact) mass is 342 g/mol. The average molecular weight is 342 g/mol. The molecule has 1 saturated heterocycles. The van der Waals surface area contributed by atoms with Crippen LogP contribution in [0.2, 0.25) is 0 Å². The highest BCUT2D eigenvalue weighted by atomic mass is 32.2. The molecule has 1 heterocycles. The van der Waals surface area contributed by atoms with Crippen LogP contribution in [0.15, 0.2) is 64.4 Å². The van der Waals surface area contributed by atoms with Crippen molar-refractivity contribution in [2.75, 3.05) is 31.6 Å². The molecule has 0 aliphatic carbocycles. The minimum absolute atomic E-state index is 0.0259. The van der Waals surface area contributed by atoms with Gasteiger partial charge in [-0.25, -0.2) is 0 Å². The SMILES string of the molecule is C[C@@H](C(=O)Nc1ccccc1Sc1ccccc1)N1CCOCC1. The first kappa shape index (κ1) is 17.0. The van der Waals surface area contributed by atoms with Crippen LogP contribution in [-0.2, 0) is 9.53 Å². The average Bonchev–Trinajstić information content (AvgIpc) is 2.64. The Labute approximate surface area is 147 Å². The van der Waals surface area contributed by atoms with E-state index in [0.717, 1.165) is 28.6 Å². The Morgan fingerprint density at radius 1 is 1.08 bits per heavy atom. The lowest BCUT2D eigenvalue weighted by atomic mass is 10.2. The number of carbonyl (C=O) groups is 1. The van der Waals surface area contributed by atoms with Crippen molar-refractivity contribution in [2.24, 2.45) is 0 Å². The lowest BCUT2D eigenvalue weighted by molar-refractivity contribution is -0.122.